The van der Waals surface area contributed by atoms with Gasteiger partial charge in [-0.15, -0.1) is 0 Å². The highest BCUT2D eigenvalue weighted by atomic mass is 16.5. The van der Waals surface area contributed by atoms with Gasteiger partial charge >= 0.3 is 0 Å². The van der Waals surface area contributed by atoms with Gasteiger partial charge in [0.2, 0.25) is 0 Å². The summed E-state index contributed by atoms with van der Waals surface area (Å²) in [7, 11) is 0. The molecule has 1 aromatic carbocycles. The van der Waals surface area contributed by atoms with Crippen molar-refractivity contribution in [1.29, 1.82) is 0 Å². The first-order valence-electron chi connectivity index (χ1n) is 5.74. The van der Waals surface area contributed by atoms with Crippen molar-refractivity contribution < 1.29 is 9.84 Å². The van der Waals surface area contributed by atoms with Crippen LogP contribution in [0.5, 0.6) is 0 Å². The smallest absolute Gasteiger partial charge is 0.0885 e. The van der Waals surface area contributed by atoms with E-state index in [1.807, 2.05) is 19.1 Å². The van der Waals surface area contributed by atoms with E-state index in [0.29, 0.717) is 6.61 Å². The van der Waals surface area contributed by atoms with Gasteiger partial charge in [0.15, 0.2) is 0 Å². The second-order valence-electron chi connectivity index (χ2n) is 4.57. The van der Waals surface area contributed by atoms with Gasteiger partial charge in [0, 0.05) is 12.3 Å². The molecule has 2 N–H and O–H groups in total. The number of rotatable bonds is 3. The van der Waals surface area contributed by atoms with Crippen molar-refractivity contribution in [2.45, 2.75) is 31.9 Å². The van der Waals surface area contributed by atoms with Crippen LogP contribution in [0.4, 0.5) is 5.69 Å². The Balaban J connectivity index is 2.15. The lowest BCUT2D eigenvalue weighted by molar-refractivity contribution is 0.0792. The van der Waals surface area contributed by atoms with Gasteiger partial charge in [-0.05, 0) is 32.4 Å². The topological polar surface area (TPSA) is 41.5 Å². The Morgan fingerprint density at radius 1 is 1.44 bits per heavy atom. The van der Waals surface area contributed by atoms with Crippen LogP contribution in [0, 0.1) is 6.92 Å². The Labute approximate surface area is 96.4 Å². The Morgan fingerprint density at radius 3 is 2.62 bits per heavy atom. The summed E-state index contributed by atoms with van der Waals surface area (Å²) in [5.74, 6) is 0. The van der Waals surface area contributed by atoms with Crippen molar-refractivity contribution in [3.05, 3.63) is 29.8 Å². The molecule has 0 aromatic heterocycles. The Hall–Kier alpha value is -1.06. The van der Waals surface area contributed by atoms with E-state index in [9.17, 15) is 5.11 Å². The summed E-state index contributed by atoms with van der Waals surface area (Å²) in [5.41, 5.74) is 1.95. The second-order valence-corrected chi connectivity index (χ2v) is 4.57. The van der Waals surface area contributed by atoms with E-state index in [0.717, 1.165) is 12.1 Å². The van der Waals surface area contributed by atoms with Gasteiger partial charge < -0.3 is 15.2 Å². The SMILES string of the molecule is Cc1ccc(NC2(CO)CCOC2C)cc1. The van der Waals surface area contributed by atoms with Crippen molar-refractivity contribution in [3.8, 4) is 0 Å². The molecule has 3 nitrogen and oxygen atoms in total. The van der Waals surface area contributed by atoms with Gasteiger partial charge in [-0.3, -0.25) is 0 Å². The molecule has 1 aliphatic heterocycles. The highest BCUT2D eigenvalue weighted by molar-refractivity contribution is 5.47. The lowest BCUT2D eigenvalue weighted by atomic mass is 9.92. The summed E-state index contributed by atoms with van der Waals surface area (Å²) in [6.45, 7) is 4.87. The minimum absolute atomic E-state index is 0.0406. The summed E-state index contributed by atoms with van der Waals surface area (Å²) < 4.78 is 5.53. The average Bonchev–Trinajstić information content (AvgIpc) is 2.64. The lowest BCUT2D eigenvalue weighted by Crippen LogP contribution is -2.47. The normalized spacial score (nSPS) is 29.3. The van der Waals surface area contributed by atoms with Crippen molar-refractivity contribution >= 4 is 5.69 Å². The zero-order chi connectivity index (χ0) is 11.6. The van der Waals surface area contributed by atoms with Crippen LogP contribution < -0.4 is 5.32 Å². The van der Waals surface area contributed by atoms with Crippen molar-refractivity contribution in [2.75, 3.05) is 18.5 Å². The summed E-state index contributed by atoms with van der Waals surface area (Å²) >= 11 is 0. The molecule has 0 radical (unpaired) electrons. The third-order valence-electron chi connectivity index (χ3n) is 3.42. The molecule has 0 saturated carbocycles. The molecule has 3 heteroatoms. The zero-order valence-electron chi connectivity index (χ0n) is 9.86. The molecular weight excluding hydrogens is 202 g/mol. The third-order valence-corrected chi connectivity index (χ3v) is 3.42. The standard InChI is InChI=1S/C13H19NO2/c1-10-3-5-12(6-4-10)14-13(9-15)7-8-16-11(13)2/h3-6,11,14-15H,7-9H2,1-2H3. The minimum atomic E-state index is -0.324. The largest absolute Gasteiger partial charge is 0.394 e. The maximum Gasteiger partial charge on any atom is 0.0885 e. The molecule has 2 atom stereocenters. The van der Waals surface area contributed by atoms with E-state index in [2.05, 4.69) is 24.4 Å². The van der Waals surface area contributed by atoms with Gasteiger partial charge in [-0.25, -0.2) is 0 Å². The molecule has 88 valence electrons. The van der Waals surface area contributed by atoms with Crippen LogP contribution in [0.15, 0.2) is 24.3 Å². The number of anilines is 1. The van der Waals surface area contributed by atoms with E-state index < -0.39 is 0 Å². The molecule has 1 aliphatic rings. The van der Waals surface area contributed by atoms with Crippen molar-refractivity contribution in [3.63, 3.8) is 0 Å². The molecule has 16 heavy (non-hydrogen) atoms. The van der Waals surface area contributed by atoms with E-state index >= 15 is 0 Å². The number of benzene rings is 1. The third kappa shape index (κ3) is 2.06. The molecule has 1 fully saturated rings. The number of aliphatic hydroxyl groups excluding tert-OH is 1. The predicted octanol–water partition coefficient (Wildman–Crippen LogP) is 1.95. The number of ether oxygens (including phenoxy) is 1. The number of hydrogen-bond donors (Lipinski definition) is 2. The summed E-state index contributed by atoms with van der Waals surface area (Å²) in [6.07, 6.45) is 0.886. The van der Waals surface area contributed by atoms with Gasteiger partial charge in [0.05, 0.1) is 18.2 Å². The van der Waals surface area contributed by atoms with Crippen molar-refractivity contribution in [1.82, 2.24) is 0 Å². The minimum Gasteiger partial charge on any atom is -0.394 e. The monoisotopic (exact) mass is 221 g/mol. The van der Waals surface area contributed by atoms with Crippen LogP contribution in [0.2, 0.25) is 0 Å². The number of aryl methyl sites for hydroxylation is 1. The maximum absolute atomic E-state index is 9.56. The van der Waals surface area contributed by atoms with Gasteiger partial charge in [-0.2, -0.15) is 0 Å². The molecule has 2 unspecified atom stereocenters. The Bertz CT molecular complexity index is 349. The first-order chi connectivity index (χ1) is 7.66. The second kappa shape index (κ2) is 4.44. The molecule has 1 aromatic rings. The first kappa shape index (κ1) is 11.4. The van der Waals surface area contributed by atoms with Gasteiger partial charge in [-0.1, -0.05) is 17.7 Å². The van der Waals surface area contributed by atoms with Crippen molar-refractivity contribution in [2.24, 2.45) is 0 Å². The molecular formula is C13H19NO2. The number of hydrogen-bond acceptors (Lipinski definition) is 3. The van der Waals surface area contributed by atoms with Crippen LogP contribution >= 0.6 is 0 Å². The number of aliphatic hydroxyl groups is 1. The Kier molecular flexibility index (Phi) is 3.17. The quantitative estimate of drug-likeness (QED) is 0.819. The molecule has 0 amide bonds. The highest BCUT2D eigenvalue weighted by Crippen LogP contribution is 2.29. The highest BCUT2D eigenvalue weighted by Gasteiger charge is 2.40. The van der Waals surface area contributed by atoms with E-state index in [1.165, 1.54) is 5.56 Å². The Morgan fingerprint density at radius 2 is 2.12 bits per heavy atom. The van der Waals surface area contributed by atoms with Crippen LogP contribution in [0.25, 0.3) is 0 Å². The molecule has 2 rings (SSSR count). The predicted molar refractivity (Wildman–Crippen MR) is 64.6 cm³/mol. The maximum atomic E-state index is 9.56. The molecule has 1 saturated heterocycles. The molecule has 0 bridgehead atoms. The van der Waals surface area contributed by atoms with E-state index in [-0.39, 0.29) is 18.2 Å². The average molecular weight is 221 g/mol. The first-order valence-corrected chi connectivity index (χ1v) is 5.74. The summed E-state index contributed by atoms with van der Waals surface area (Å²) in [4.78, 5) is 0. The van der Waals surface area contributed by atoms with Crippen LogP contribution in [-0.2, 0) is 4.74 Å². The summed E-state index contributed by atoms with van der Waals surface area (Å²) in [5, 5.41) is 13.0. The van der Waals surface area contributed by atoms with Crippen LogP contribution in [-0.4, -0.2) is 30.0 Å². The molecule has 1 heterocycles. The number of nitrogens with one attached hydrogen (secondary N) is 1. The van der Waals surface area contributed by atoms with Crippen LogP contribution in [0.3, 0.4) is 0 Å². The molecule has 0 spiro atoms. The van der Waals surface area contributed by atoms with Crippen LogP contribution in [0.1, 0.15) is 18.9 Å². The lowest BCUT2D eigenvalue weighted by Gasteiger charge is -2.32. The fourth-order valence-electron chi connectivity index (χ4n) is 2.12. The summed E-state index contributed by atoms with van der Waals surface area (Å²) in [6, 6.07) is 8.21. The van der Waals surface area contributed by atoms with Gasteiger partial charge in [0.25, 0.3) is 0 Å². The van der Waals surface area contributed by atoms with E-state index in [4.69, 9.17) is 4.74 Å². The van der Waals surface area contributed by atoms with E-state index in [1.54, 1.807) is 0 Å². The zero-order valence-corrected chi connectivity index (χ0v) is 9.86. The molecule has 0 aliphatic carbocycles. The fraction of sp³-hybridized carbons (Fsp3) is 0.538. The van der Waals surface area contributed by atoms with Gasteiger partial charge in [0.1, 0.15) is 0 Å². The fourth-order valence-corrected chi connectivity index (χ4v) is 2.12.